The molecule has 0 amide bonds. The first-order chi connectivity index (χ1) is 6.18. The topological polar surface area (TPSA) is 12.0 Å². The maximum absolute atomic E-state index is 12.7. The van der Waals surface area contributed by atoms with Gasteiger partial charge in [0.1, 0.15) is 0 Å². The fourth-order valence-corrected chi connectivity index (χ4v) is 1.35. The van der Waals surface area contributed by atoms with E-state index >= 15 is 0 Å². The van der Waals surface area contributed by atoms with Gasteiger partial charge in [0.15, 0.2) is 17.5 Å². The Bertz CT molecular complexity index is 311. The summed E-state index contributed by atoms with van der Waals surface area (Å²) in [6.45, 7) is 0.839. The van der Waals surface area contributed by atoms with Crippen LogP contribution in [-0.2, 0) is 0 Å². The van der Waals surface area contributed by atoms with Gasteiger partial charge in [0.25, 0.3) is 0 Å². The van der Waals surface area contributed by atoms with Gasteiger partial charge in [-0.2, -0.15) is 0 Å². The van der Waals surface area contributed by atoms with Crippen molar-refractivity contribution in [2.24, 2.45) is 0 Å². The Hall–Kier alpha value is -1.03. The highest BCUT2D eigenvalue weighted by molar-refractivity contribution is 5.24. The molecule has 70 valence electrons. The Morgan fingerprint density at radius 2 is 1.69 bits per heavy atom. The lowest BCUT2D eigenvalue weighted by atomic mass is 9.98. The molecular weight excluding hydrogens is 179 g/mol. The molecule has 2 rings (SSSR count). The van der Waals surface area contributed by atoms with Gasteiger partial charge in [0, 0.05) is 6.04 Å². The number of hydrogen-bond acceptors (Lipinski definition) is 1. The number of nitrogens with one attached hydrogen (secondary N) is 1. The summed E-state index contributed by atoms with van der Waals surface area (Å²) < 4.78 is 38.0. The summed E-state index contributed by atoms with van der Waals surface area (Å²) in [6, 6.07) is 2.05. The van der Waals surface area contributed by atoms with Crippen LogP contribution in [0.4, 0.5) is 13.2 Å². The van der Waals surface area contributed by atoms with Crippen LogP contribution in [0, 0.1) is 17.5 Å². The van der Waals surface area contributed by atoms with E-state index in [4.69, 9.17) is 0 Å². The van der Waals surface area contributed by atoms with Gasteiger partial charge in [-0.3, -0.25) is 0 Å². The summed E-state index contributed by atoms with van der Waals surface area (Å²) >= 11 is 0. The van der Waals surface area contributed by atoms with Crippen LogP contribution in [0.5, 0.6) is 0 Å². The molecule has 1 aromatic carbocycles. The van der Waals surface area contributed by atoms with Gasteiger partial charge in [-0.05, 0) is 30.7 Å². The van der Waals surface area contributed by atoms with Crippen molar-refractivity contribution in [2.45, 2.75) is 12.5 Å². The summed E-state index contributed by atoms with van der Waals surface area (Å²) in [5, 5.41) is 2.98. The van der Waals surface area contributed by atoms with Crippen molar-refractivity contribution >= 4 is 0 Å². The zero-order valence-electron chi connectivity index (χ0n) is 6.78. The second-order valence-corrected chi connectivity index (χ2v) is 3.09. The van der Waals surface area contributed by atoms with Crippen molar-refractivity contribution in [1.82, 2.24) is 5.32 Å². The van der Waals surface area contributed by atoms with E-state index in [1.165, 1.54) is 0 Å². The van der Waals surface area contributed by atoms with E-state index in [0.717, 1.165) is 25.1 Å². The number of rotatable bonds is 1. The largest absolute Gasteiger partial charge is 0.310 e. The molecular formula is C9H8F3N. The highest BCUT2D eigenvalue weighted by Gasteiger charge is 2.21. The predicted molar refractivity (Wildman–Crippen MR) is 41.7 cm³/mol. The Balaban J connectivity index is 2.37. The normalized spacial score (nSPS) is 21.3. The molecule has 1 aliphatic heterocycles. The molecule has 0 saturated carbocycles. The zero-order chi connectivity index (χ0) is 9.42. The van der Waals surface area contributed by atoms with Crippen LogP contribution < -0.4 is 5.32 Å². The lowest BCUT2D eigenvalue weighted by Gasteiger charge is -2.28. The van der Waals surface area contributed by atoms with E-state index in [1.807, 2.05) is 0 Å². The van der Waals surface area contributed by atoms with E-state index in [9.17, 15) is 13.2 Å². The van der Waals surface area contributed by atoms with Crippen molar-refractivity contribution in [2.75, 3.05) is 6.54 Å². The molecule has 0 aliphatic carbocycles. The van der Waals surface area contributed by atoms with E-state index < -0.39 is 17.5 Å². The highest BCUT2D eigenvalue weighted by atomic mass is 19.2. The maximum Gasteiger partial charge on any atom is 0.194 e. The van der Waals surface area contributed by atoms with Gasteiger partial charge in [-0.25, -0.2) is 13.2 Å². The zero-order valence-corrected chi connectivity index (χ0v) is 6.78. The van der Waals surface area contributed by atoms with Crippen LogP contribution in [0.15, 0.2) is 12.1 Å². The fraction of sp³-hybridized carbons (Fsp3) is 0.333. The molecule has 13 heavy (non-hydrogen) atoms. The number of benzene rings is 1. The first kappa shape index (κ1) is 8.56. The SMILES string of the molecule is Fc1cc([C@@H]2CCN2)cc(F)c1F. The van der Waals surface area contributed by atoms with Crippen LogP contribution in [0.1, 0.15) is 18.0 Å². The smallest absolute Gasteiger partial charge is 0.194 e. The highest BCUT2D eigenvalue weighted by Crippen LogP contribution is 2.25. The molecule has 1 aromatic rings. The molecule has 1 fully saturated rings. The van der Waals surface area contributed by atoms with Gasteiger partial charge in [0.05, 0.1) is 0 Å². The van der Waals surface area contributed by atoms with Gasteiger partial charge in [0.2, 0.25) is 0 Å². The van der Waals surface area contributed by atoms with Crippen molar-refractivity contribution in [3.8, 4) is 0 Å². The van der Waals surface area contributed by atoms with Gasteiger partial charge in [-0.15, -0.1) is 0 Å². The Morgan fingerprint density at radius 1 is 1.15 bits per heavy atom. The maximum atomic E-state index is 12.7. The third kappa shape index (κ3) is 1.42. The molecule has 1 nitrogen and oxygen atoms in total. The van der Waals surface area contributed by atoms with Gasteiger partial charge in [-0.1, -0.05) is 0 Å². The van der Waals surface area contributed by atoms with Crippen LogP contribution in [0.2, 0.25) is 0 Å². The average Bonchev–Trinajstić information content (AvgIpc) is 1.96. The molecule has 4 heteroatoms. The molecule has 0 unspecified atom stereocenters. The Kier molecular flexibility index (Phi) is 2.00. The van der Waals surface area contributed by atoms with Crippen molar-refractivity contribution in [1.29, 1.82) is 0 Å². The second-order valence-electron chi connectivity index (χ2n) is 3.09. The molecule has 1 heterocycles. The molecule has 0 bridgehead atoms. The van der Waals surface area contributed by atoms with Crippen LogP contribution in [0.3, 0.4) is 0 Å². The third-order valence-corrected chi connectivity index (χ3v) is 2.23. The monoisotopic (exact) mass is 187 g/mol. The molecule has 0 radical (unpaired) electrons. The van der Waals surface area contributed by atoms with E-state index in [-0.39, 0.29) is 6.04 Å². The van der Waals surface area contributed by atoms with Crippen LogP contribution in [-0.4, -0.2) is 6.54 Å². The lowest BCUT2D eigenvalue weighted by Crippen LogP contribution is -2.35. The van der Waals surface area contributed by atoms with Gasteiger partial charge < -0.3 is 5.32 Å². The third-order valence-electron chi connectivity index (χ3n) is 2.23. The summed E-state index contributed by atoms with van der Waals surface area (Å²) in [5.74, 6) is -3.64. The van der Waals surface area contributed by atoms with E-state index in [1.54, 1.807) is 0 Å². The van der Waals surface area contributed by atoms with Crippen LogP contribution >= 0.6 is 0 Å². The molecule has 0 spiro atoms. The summed E-state index contributed by atoms with van der Waals surface area (Å²) in [7, 11) is 0. The van der Waals surface area contributed by atoms with Crippen molar-refractivity contribution < 1.29 is 13.2 Å². The summed E-state index contributed by atoms with van der Waals surface area (Å²) in [6.07, 6.45) is 0.838. The summed E-state index contributed by atoms with van der Waals surface area (Å²) in [4.78, 5) is 0. The number of hydrogen-bond donors (Lipinski definition) is 1. The average molecular weight is 187 g/mol. The first-order valence-corrected chi connectivity index (χ1v) is 4.06. The minimum atomic E-state index is -1.40. The molecule has 1 atom stereocenters. The molecule has 1 saturated heterocycles. The molecule has 1 N–H and O–H groups in total. The van der Waals surface area contributed by atoms with Crippen molar-refractivity contribution in [3.05, 3.63) is 35.1 Å². The number of halogens is 3. The minimum Gasteiger partial charge on any atom is -0.310 e. The fourth-order valence-electron chi connectivity index (χ4n) is 1.35. The summed E-state index contributed by atoms with van der Waals surface area (Å²) in [5.41, 5.74) is 0.475. The van der Waals surface area contributed by atoms with E-state index in [2.05, 4.69) is 5.32 Å². The van der Waals surface area contributed by atoms with Crippen LogP contribution in [0.25, 0.3) is 0 Å². The minimum absolute atomic E-state index is 0.0235. The quantitative estimate of drug-likeness (QED) is 0.664. The first-order valence-electron chi connectivity index (χ1n) is 4.06. The van der Waals surface area contributed by atoms with E-state index in [0.29, 0.717) is 5.56 Å². The molecule has 0 aromatic heterocycles. The Labute approximate surface area is 73.6 Å². The Morgan fingerprint density at radius 3 is 2.08 bits per heavy atom. The predicted octanol–water partition coefficient (Wildman–Crippen LogP) is 2.14. The lowest BCUT2D eigenvalue weighted by molar-refractivity contribution is 0.374. The van der Waals surface area contributed by atoms with Crippen molar-refractivity contribution in [3.63, 3.8) is 0 Å². The second kappa shape index (κ2) is 3.03. The molecule has 1 aliphatic rings. The standard InChI is InChI=1S/C9H8F3N/c10-6-3-5(8-1-2-13-8)4-7(11)9(6)12/h3-4,8,13H,1-2H2/t8-/m0/s1. The van der Waals surface area contributed by atoms with Gasteiger partial charge >= 0.3 is 0 Å².